The van der Waals surface area contributed by atoms with Gasteiger partial charge in [-0.2, -0.15) is 4.98 Å². The Hall–Kier alpha value is -2.65. The van der Waals surface area contributed by atoms with Gasteiger partial charge in [0.2, 0.25) is 11.8 Å². The van der Waals surface area contributed by atoms with Gasteiger partial charge < -0.3 is 30.1 Å². The van der Waals surface area contributed by atoms with Crippen LogP contribution in [0.25, 0.3) is 0 Å². The average molecular weight is 461 g/mol. The first-order valence-electron chi connectivity index (χ1n) is 11.7. The van der Waals surface area contributed by atoms with Gasteiger partial charge in [-0.05, 0) is 61.4 Å². The standard InChI is InChI=1S/C24H36N4O5/c1-15(2)23-26-24(27-33-23)28-10-8-17(9-11-28)5-4-12-32-21-7-6-19(22(25)31)16(3)20(21)13-18(30)14-29/h6-7,15,17-18,29-30H,4-5,8-14H2,1-3H3,(H2,25,31)/t18-/m0/s1. The summed E-state index contributed by atoms with van der Waals surface area (Å²) >= 11 is 0. The number of aromatic nitrogens is 2. The molecule has 2 aromatic rings. The number of aliphatic hydroxyl groups is 2. The number of anilines is 1. The molecule has 1 atom stereocenters. The summed E-state index contributed by atoms with van der Waals surface area (Å²) in [5.41, 5.74) is 7.25. The molecule has 1 aliphatic heterocycles. The minimum absolute atomic E-state index is 0.200. The second-order valence-electron chi connectivity index (χ2n) is 9.13. The van der Waals surface area contributed by atoms with Crippen LogP contribution in [-0.2, 0) is 6.42 Å². The van der Waals surface area contributed by atoms with Crippen molar-refractivity contribution in [2.45, 2.75) is 64.9 Å². The number of rotatable bonds is 11. The zero-order chi connectivity index (χ0) is 24.0. The number of aliphatic hydroxyl groups excluding tert-OH is 2. The Balaban J connectivity index is 1.49. The van der Waals surface area contributed by atoms with Crippen LogP contribution in [0.2, 0.25) is 0 Å². The molecule has 1 saturated heterocycles. The van der Waals surface area contributed by atoms with Crippen molar-refractivity contribution in [3.8, 4) is 5.75 Å². The van der Waals surface area contributed by atoms with E-state index in [1.54, 1.807) is 19.1 Å². The van der Waals surface area contributed by atoms with Gasteiger partial charge in [-0.25, -0.2) is 0 Å². The van der Waals surface area contributed by atoms with Crippen LogP contribution in [0.4, 0.5) is 5.95 Å². The molecule has 1 fully saturated rings. The summed E-state index contributed by atoms with van der Waals surface area (Å²) in [5, 5.41) is 23.3. The van der Waals surface area contributed by atoms with E-state index in [1.807, 2.05) is 13.8 Å². The molecule has 0 radical (unpaired) electrons. The van der Waals surface area contributed by atoms with E-state index < -0.39 is 12.0 Å². The fraction of sp³-hybridized carbons (Fsp3) is 0.625. The highest BCUT2D eigenvalue weighted by atomic mass is 16.5. The molecule has 1 aliphatic rings. The largest absolute Gasteiger partial charge is 0.493 e. The minimum Gasteiger partial charge on any atom is -0.493 e. The van der Waals surface area contributed by atoms with Crippen molar-refractivity contribution in [3.63, 3.8) is 0 Å². The molecule has 0 unspecified atom stereocenters. The maximum atomic E-state index is 11.7. The molecule has 4 N–H and O–H groups in total. The van der Waals surface area contributed by atoms with Crippen LogP contribution in [0.3, 0.4) is 0 Å². The van der Waals surface area contributed by atoms with Gasteiger partial charge in [0.05, 0.1) is 19.3 Å². The second-order valence-corrected chi connectivity index (χ2v) is 9.13. The SMILES string of the molecule is Cc1c(C(N)=O)ccc(OCCCC2CCN(c3noc(C(C)C)n3)CC2)c1C[C@H](O)CO. The summed E-state index contributed by atoms with van der Waals surface area (Å²) in [6, 6.07) is 3.38. The molecule has 33 heavy (non-hydrogen) atoms. The summed E-state index contributed by atoms with van der Waals surface area (Å²) in [6.45, 7) is 7.88. The number of primary amides is 1. The van der Waals surface area contributed by atoms with Crippen LogP contribution in [-0.4, -0.2) is 58.7 Å². The normalized spacial score (nSPS) is 15.8. The molecule has 182 valence electrons. The number of carbonyl (C=O) groups is 1. The van der Waals surface area contributed by atoms with E-state index in [0.717, 1.165) is 38.8 Å². The summed E-state index contributed by atoms with van der Waals surface area (Å²) in [4.78, 5) is 18.4. The summed E-state index contributed by atoms with van der Waals surface area (Å²) in [6.07, 6.45) is 3.40. The number of benzene rings is 1. The van der Waals surface area contributed by atoms with Gasteiger partial charge in [0.1, 0.15) is 5.75 Å². The van der Waals surface area contributed by atoms with Crippen LogP contribution in [0.5, 0.6) is 5.75 Å². The lowest BCUT2D eigenvalue weighted by atomic mass is 9.92. The van der Waals surface area contributed by atoms with Gasteiger partial charge >= 0.3 is 0 Å². The average Bonchev–Trinajstić information content (AvgIpc) is 3.29. The number of nitrogens with two attached hydrogens (primary N) is 1. The van der Waals surface area contributed by atoms with E-state index in [-0.39, 0.29) is 18.9 Å². The number of piperidine rings is 1. The van der Waals surface area contributed by atoms with Crippen LogP contribution >= 0.6 is 0 Å². The lowest BCUT2D eigenvalue weighted by Gasteiger charge is -2.30. The molecule has 1 aromatic heterocycles. The molecule has 0 bridgehead atoms. The monoisotopic (exact) mass is 460 g/mol. The van der Waals surface area contributed by atoms with Crippen molar-refractivity contribution in [2.24, 2.45) is 11.7 Å². The van der Waals surface area contributed by atoms with Gasteiger partial charge in [0, 0.05) is 36.6 Å². The van der Waals surface area contributed by atoms with Crippen LogP contribution in [0, 0.1) is 12.8 Å². The van der Waals surface area contributed by atoms with Crippen molar-refractivity contribution in [1.29, 1.82) is 0 Å². The Morgan fingerprint density at radius 3 is 2.67 bits per heavy atom. The molecule has 3 rings (SSSR count). The number of nitrogens with zero attached hydrogens (tertiary/aromatic N) is 3. The van der Waals surface area contributed by atoms with E-state index in [9.17, 15) is 15.0 Å². The van der Waals surface area contributed by atoms with Gasteiger partial charge in [-0.3, -0.25) is 4.79 Å². The molecule has 2 heterocycles. The van der Waals surface area contributed by atoms with Gasteiger partial charge in [-0.1, -0.05) is 13.8 Å². The van der Waals surface area contributed by atoms with Crippen LogP contribution in [0.15, 0.2) is 16.7 Å². The minimum atomic E-state index is -0.921. The zero-order valence-corrected chi connectivity index (χ0v) is 19.8. The number of hydrogen-bond acceptors (Lipinski definition) is 8. The van der Waals surface area contributed by atoms with Crippen molar-refractivity contribution < 1.29 is 24.3 Å². The number of amides is 1. The van der Waals surface area contributed by atoms with E-state index >= 15 is 0 Å². The lowest BCUT2D eigenvalue weighted by molar-refractivity contribution is 0.0943. The fourth-order valence-electron chi connectivity index (χ4n) is 4.25. The Morgan fingerprint density at radius 2 is 2.06 bits per heavy atom. The summed E-state index contributed by atoms with van der Waals surface area (Å²) < 4.78 is 11.3. The second kappa shape index (κ2) is 11.5. The highest BCUT2D eigenvalue weighted by molar-refractivity contribution is 5.94. The number of carbonyl (C=O) groups excluding carboxylic acids is 1. The zero-order valence-electron chi connectivity index (χ0n) is 19.8. The van der Waals surface area contributed by atoms with E-state index in [4.69, 9.17) is 15.0 Å². The fourth-order valence-corrected chi connectivity index (χ4v) is 4.25. The van der Waals surface area contributed by atoms with Gasteiger partial charge in [0.15, 0.2) is 0 Å². The maximum Gasteiger partial charge on any atom is 0.266 e. The van der Waals surface area contributed by atoms with Crippen molar-refractivity contribution in [1.82, 2.24) is 10.1 Å². The molecule has 9 nitrogen and oxygen atoms in total. The Bertz CT molecular complexity index is 922. The Labute approximate surface area is 194 Å². The smallest absolute Gasteiger partial charge is 0.266 e. The lowest BCUT2D eigenvalue weighted by Crippen LogP contribution is -2.34. The van der Waals surface area contributed by atoms with Crippen LogP contribution in [0.1, 0.15) is 72.8 Å². The van der Waals surface area contributed by atoms with E-state index in [2.05, 4.69) is 15.0 Å². The van der Waals surface area contributed by atoms with Crippen molar-refractivity contribution in [3.05, 3.63) is 34.7 Å². The van der Waals surface area contributed by atoms with Crippen molar-refractivity contribution >= 4 is 11.9 Å². The summed E-state index contributed by atoms with van der Waals surface area (Å²) in [7, 11) is 0. The predicted molar refractivity (Wildman–Crippen MR) is 125 cm³/mol. The van der Waals surface area contributed by atoms with Crippen LogP contribution < -0.4 is 15.4 Å². The highest BCUT2D eigenvalue weighted by Crippen LogP contribution is 2.28. The summed E-state index contributed by atoms with van der Waals surface area (Å²) in [5.74, 6) is 2.31. The molecule has 1 aromatic carbocycles. The van der Waals surface area contributed by atoms with Gasteiger partial charge in [-0.15, -0.1) is 0 Å². The third-order valence-corrected chi connectivity index (χ3v) is 6.31. The molecule has 0 aliphatic carbocycles. The van der Waals surface area contributed by atoms with Gasteiger partial charge in [0.25, 0.3) is 5.95 Å². The topological polar surface area (TPSA) is 135 Å². The molecule has 0 spiro atoms. The maximum absolute atomic E-state index is 11.7. The first-order chi connectivity index (χ1) is 15.8. The first-order valence-corrected chi connectivity index (χ1v) is 11.7. The number of hydrogen-bond donors (Lipinski definition) is 3. The predicted octanol–water partition coefficient (Wildman–Crippen LogP) is 2.57. The molecular weight excluding hydrogens is 424 g/mol. The quantitative estimate of drug-likeness (QED) is 0.436. The molecule has 9 heteroatoms. The Morgan fingerprint density at radius 1 is 1.33 bits per heavy atom. The van der Waals surface area contributed by atoms with Crippen molar-refractivity contribution in [2.75, 3.05) is 31.2 Å². The highest BCUT2D eigenvalue weighted by Gasteiger charge is 2.23. The third-order valence-electron chi connectivity index (χ3n) is 6.31. The molecular formula is C24H36N4O5. The molecule has 1 amide bonds. The number of ether oxygens (including phenoxy) is 1. The molecule has 0 saturated carbocycles. The van der Waals surface area contributed by atoms with E-state index in [0.29, 0.717) is 46.8 Å². The first kappa shape index (κ1) is 25.0. The van der Waals surface area contributed by atoms with E-state index in [1.165, 1.54) is 0 Å². The third kappa shape index (κ3) is 6.45. The Kier molecular flexibility index (Phi) is 8.68.